The van der Waals surface area contributed by atoms with Crippen molar-refractivity contribution >= 4 is 128 Å². The fourth-order valence-corrected chi connectivity index (χ4v) is 14.3. The van der Waals surface area contributed by atoms with Crippen LogP contribution in [0.25, 0.3) is 10.9 Å². The molecule has 2 fully saturated rings. The summed E-state index contributed by atoms with van der Waals surface area (Å²) in [6.45, 7) is 13.9. The van der Waals surface area contributed by atoms with Crippen molar-refractivity contribution in [3.05, 3.63) is 71.9 Å². The predicted molar refractivity (Wildman–Crippen MR) is 430 cm³/mol. The largest absolute Gasteiger partial charge is 0.459 e. The molecule has 0 bridgehead atoms. The number of nitrogens with one attached hydrogen (secondary N) is 11. The van der Waals surface area contributed by atoms with Crippen LogP contribution in [0, 0.1) is 23.2 Å². The lowest BCUT2D eigenvalue weighted by Gasteiger charge is -2.34. The fraction of sp³-hybridized carbons (Fsp3) is 0.584. The third kappa shape index (κ3) is 30.0. The number of fused-ring (bicyclic) bond motifs is 1. The number of aliphatic imine (C=N–C) groups is 1. The Morgan fingerprint density at radius 1 is 0.723 bits per heavy atom. The number of H-pyrrole nitrogens is 1. The minimum absolute atomic E-state index is 0.0199. The molecule has 15 amide bonds. The number of benzene rings is 2. The maximum Gasteiger partial charge on any atom is 0.325 e. The molecule has 3 aromatic rings. The zero-order valence-corrected chi connectivity index (χ0v) is 69.7. The van der Waals surface area contributed by atoms with Crippen LogP contribution in [-0.2, 0) is 109 Å². The van der Waals surface area contributed by atoms with Gasteiger partial charge in [0, 0.05) is 75.9 Å². The van der Waals surface area contributed by atoms with Crippen LogP contribution in [0.3, 0.4) is 0 Å². The number of carbonyl (C=O) groups is 17. The van der Waals surface area contributed by atoms with E-state index in [0.717, 1.165) is 27.9 Å². The van der Waals surface area contributed by atoms with Crippen molar-refractivity contribution < 1.29 is 104 Å². The first-order valence-corrected chi connectivity index (χ1v) is 40.5. The predicted octanol–water partition coefficient (Wildman–Crippen LogP) is -4.54. The van der Waals surface area contributed by atoms with Crippen molar-refractivity contribution in [2.75, 3.05) is 39.5 Å². The highest BCUT2D eigenvalue weighted by Gasteiger charge is 2.45. The highest BCUT2D eigenvalue weighted by molar-refractivity contribution is 7.85. The van der Waals surface area contributed by atoms with Gasteiger partial charge in [-0.15, -0.1) is 0 Å². The van der Waals surface area contributed by atoms with E-state index in [1.54, 1.807) is 109 Å². The Bertz CT molecular complexity index is 4320. The number of Topliss-reactive ketones (excluding diaryl/α,β-unsaturated/α-hetero) is 1. The molecule has 1 unspecified atom stereocenters. The number of aliphatic hydroxyl groups is 1. The van der Waals surface area contributed by atoms with Gasteiger partial charge in [0.15, 0.2) is 11.7 Å². The van der Waals surface area contributed by atoms with Crippen molar-refractivity contribution in [3.63, 3.8) is 0 Å². The number of amides is 15. The van der Waals surface area contributed by atoms with E-state index in [1.165, 1.54) is 11.8 Å². The molecule has 656 valence electrons. The maximum atomic E-state index is 15.3. The van der Waals surface area contributed by atoms with Crippen LogP contribution in [-0.4, -0.2) is 269 Å². The van der Waals surface area contributed by atoms with Crippen LogP contribution in [0.15, 0.2) is 65.8 Å². The standard InChI is InChI=1S/C77H115N19O22S/c1-39(2)30-50-68(107)92-62(42(6)98)72(111)89-53(34-59(79)101)73(112)94(11)36-60(102)118-43(7)63(75(114)95(12)55(70(109)87-50)26-27-58(78)100)93-69(108)54(37-119(115,116)117)90-66(105)49(24-18-28-82-76(80)81)85-67(106)51(32-45-35-83-48-23-17-16-22-46(45)48)86-65(104)47(77(8,9)10)33-57(99)61(40(3)4)91-71(110)56-25-19-29-96(56)74(113)52(31-44-20-14-13-15-21-44)88-64(103)41(5)84-38-97/h13-17,20-23,35,38-43,47,49-56,61-63,83,98H,18-19,24-34,36-37H2,1-12H3,(H2,78,100)(H2,79,101)(H,84,97)(H,85,106)(H,86,104)(H,87,109)(H,88,103)(H,89,111)(H,90,105)(H,91,110)(H,92,107)(H,93,108)(H4,80,81,82)(H,115,116,117)/t41-,42-,43-,47-,49+,50-,51-,52+,53+,54-,55+,56+,61-,62?,63+/m1/s1. The number of ketones is 1. The Morgan fingerprint density at radius 2 is 1.34 bits per heavy atom. The molecule has 5 rings (SSSR count). The topological polar surface area (TPSA) is 636 Å². The van der Waals surface area contributed by atoms with Gasteiger partial charge < -0.3 is 106 Å². The summed E-state index contributed by atoms with van der Waals surface area (Å²) in [4.78, 5) is 249. The van der Waals surface area contributed by atoms with E-state index in [0.29, 0.717) is 44.7 Å². The number of carbonyl (C=O) groups excluding carboxylic acids is 17. The van der Waals surface area contributed by atoms with Gasteiger partial charge in [0.2, 0.25) is 89.1 Å². The summed E-state index contributed by atoms with van der Waals surface area (Å²) in [6.07, 6.45) is -5.15. The van der Waals surface area contributed by atoms with Gasteiger partial charge in [0.05, 0.1) is 18.6 Å². The molecule has 15 atom stereocenters. The summed E-state index contributed by atoms with van der Waals surface area (Å²) in [6, 6.07) is -4.60. The molecule has 0 spiro atoms. The Balaban J connectivity index is 1.54. The molecule has 0 radical (unpaired) electrons. The number of guanidine groups is 1. The van der Waals surface area contributed by atoms with E-state index in [9.17, 15) is 75.6 Å². The van der Waals surface area contributed by atoms with Gasteiger partial charge in [0.25, 0.3) is 10.1 Å². The number of ether oxygens (including phenoxy) is 1. The van der Waals surface area contributed by atoms with Gasteiger partial charge in [-0.3, -0.25) is 91.1 Å². The second-order valence-electron chi connectivity index (χ2n) is 31.7. The van der Waals surface area contributed by atoms with Crippen LogP contribution in [0.4, 0.5) is 0 Å². The van der Waals surface area contributed by atoms with E-state index in [2.05, 4.69) is 63.1 Å². The Labute approximate surface area is 689 Å². The lowest BCUT2D eigenvalue weighted by Crippen LogP contribution is -2.63. The van der Waals surface area contributed by atoms with Crippen molar-refractivity contribution in [1.29, 1.82) is 0 Å². The number of aliphatic hydroxyl groups excluding tert-OH is 1. The molecule has 2 aromatic carbocycles. The number of aromatic nitrogens is 1. The third-order valence-corrected chi connectivity index (χ3v) is 20.9. The fourth-order valence-electron chi connectivity index (χ4n) is 13.7. The lowest BCUT2D eigenvalue weighted by molar-refractivity contribution is -0.158. The van der Waals surface area contributed by atoms with E-state index in [4.69, 9.17) is 27.7 Å². The SMILES string of the molecule is CC(C)C[C@H]1NC(=O)[C@H](CCC(N)=O)N(C)C(=O)[C@@H](NC(=O)[C@@H](CS(=O)(=O)O)NC(=O)[C@H](CCCN=C(N)N)NC(=O)[C@@H](Cc2c[nH]c3ccccc23)NC(=O)[C@@H](CC(=O)[C@H](NC(=O)[C@@H]2CCCN2C(=O)[C@H](Cc2ccccc2)NC(=O)[C@@H](C)NC=O)C(C)C)C(C)(C)C)[C@@H](C)OC(=O)CN(C)C(=O)[C@H](CC(N)=O)NC(=O)C([C@@H](C)O)NC1=O. The second-order valence-corrected chi connectivity index (χ2v) is 33.2. The van der Waals surface area contributed by atoms with Crippen molar-refractivity contribution in [2.45, 2.75) is 225 Å². The first-order chi connectivity index (χ1) is 55.6. The lowest BCUT2D eigenvalue weighted by atomic mass is 9.75. The summed E-state index contributed by atoms with van der Waals surface area (Å²) in [5.41, 5.74) is 22.8. The van der Waals surface area contributed by atoms with E-state index < -0.39 is 263 Å². The number of para-hydroxylation sites is 1. The number of nitrogens with zero attached hydrogens (tertiary/aromatic N) is 4. The Kier molecular flexibility index (Phi) is 36.8. The van der Waals surface area contributed by atoms with Crippen molar-refractivity contribution in [3.8, 4) is 0 Å². The molecular weight excluding hydrogens is 1580 g/mol. The third-order valence-electron chi connectivity index (χ3n) is 20.1. The molecule has 0 aliphatic carbocycles. The number of nitrogens with two attached hydrogens (primary N) is 4. The minimum Gasteiger partial charge on any atom is -0.459 e. The van der Waals surface area contributed by atoms with E-state index in [1.807, 2.05) is 0 Å². The normalized spacial score (nSPS) is 20.8. The highest BCUT2D eigenvalue weighted by Crippen LogP contribution is 2.32. The zero-order valence-electron chi connectivity index (χ0n) is 68.8. The molecule has 41 nitrogen and oxygen atoms in total. The van der Waals surface area contributed by atoms with Crippen LogP contribution in [0.1, 0.15) is 138 Å². The summed E-state index contributed by atoms with van der Waals surface area (Å²) < 4.78 is 42.2. The smallest absolute Gasteiger partial charge is 0.325 e. The van der Waals surface area contributed by atoms with Gasteiger partial charge in [-0.05, 0) is 93.7 Å². The minimum atomic E-state index is -5.42. The number of esters is 1. The van der Waals surface area contributed by atoms with Gasteiger partial charge in [-0.25, -0.2) is 0 Å². The quantitative estimate of drug-likeness (QED) is 0.00646. The Hall–Kier alpha value is -11.7. The molecule has 119 heavy (non-hydrogen) atoms. The summed E-state index contributed by atoms with van der Waals surface area (Å²) in [7, 11) is -3.44. The van der Waals surface area contributed by atoms with Crippen molar-refractivity contribution in [1.82, 2.24) is 72.9 Å². The first kappa shape index (κ1) is 97.9. The van der Waals surface area contributed by atoms with Crippen LogP contribution < -0.4 is 76.1 Å². The number of cyclic esters (lactones) is 1. The molecule has 3 heterocycles. The molecule has 2 aliphatic heterocycles. The summed E-state index contributed by atoms with van der Waals surface area (Å²) in [5.74, 6) is -21.7. The number of primary amides is 2. The molecule has 21 N–H and O–H groups in total. The average Bonchev–Trinajstić information content (AvgIpc) is 1.68. The van der Waals surface area contributed by atoms with Gasteiger partial charge in [0.1, 0.15) is 84.9 Å². The second kappa shape index (κ2) is 44.8. The molecule has 1 aromatic heterocycles. The number of hydrogen-bond donors (Lipinski definition) is 17. The molecule has 2 saturated heterocycles. The average molecular weight is 1690 g/mol. The van der Waals surface area contributed by atoms with E-state index in [-0.39, 0.29) is 45.2 Å². The first-order valence-electron chi connectivity index (χ1n) is 38.9. The van der Waals surface area contributed by atoms with Gasteiger partial charge in [-0.2, -0.15) is 8.42 Å². The Morgan fingerprint density at radius 3 is 1.93 bits per heavy atom. The molecule has 42 heteroatoms. The number of likely N-dealkylation sites (tertiary alicyclic amines) is 1. The molecular formula is C77H115N19O22S. The number of likely N-dealkylation sites (N-methyl/N-ethyl adjacent to an activating group) is 2. The zero-order chi connectivity index (χ0) is 89.2. The van der Waals surface area contributed by atoms with Gasteiger partial charge in [-0.1, -0.05) is 97.0 Å². The summed E-state index contributed by atoms with van der Waals surface area (Å²) >= 11 is 0. The highest BCUT2D eigenvalue weighted by atomic mass is 32.2. The summed E-state index contributed by atoms with van der Waals surface area (Å²) in [5, 5.41) is 36.0. The number of aromatic amines is 1. The number of rotatable bonds is 37. The van der Waals surface area contributed by atoms with E-state index >= 15 is 24.0 Å². The van der Waals surface area contributed by atoms with Crippen LogP contribution >= 0.6 is 0 Å². The maximum absolute atomic E-state index is 15.3. The monoisotopic (exact) mass is 1690 g/mol. The number of hydrogen-bond acceptors (Lipinski definition) is 22. The van der Waals surface area contributed by atoms with Crippen LogP contribution in [0.2, 0.25) is 0 Å². The van der Waals surface area contributed by atoms with Gasteiger partial charge >= 0.3 is 5.97 Å². The van der Waals surface area contributed by atoms with Crippen LogP contribution in [0.5, 0.6) is 0 Å². The molecule has 2 aliphatic rings. The van der Waals surface area contributed by atoms with Crippen molar-refractivity contribution in [2.24, 2.45) is 51.1 Å². The molecule has 0 saturated carbocycles.